The van der Waals surface area contributed by atoms with Gasteiger partial charge in [0, 0.05) is 10.2 Å². The second-order valence-corrected chi connectivity index (χ2v) is 8.75. The maximum atomic E-state index is 11.7. The Balaban J connectivity index is 0.000000200. The summed E-state index contributed by atoms with van der Waals surface area (Å²) in [4.78, 5) is 12.0. The molecule has 1 aromatic carbocycles. The highest BCUT2D eigenvalue weighted by Gasteiger charge is 2.17. The highest BCUT2D eigenvalue weighted by Crippen LogP contribution is 2.42. The van der Waals surface area contributed by atoms with Gasteiger partial charge in [0.2, 0.25) is 8.03 Å². The second-order valence-electron chi connectivity index (χ2n) is 6.27. The molecule has 0 saturated heterocycles. The molecule has 28 heavy (non-hydrogen) atoms. The highest BCUT2D eigenvalue weighted by atomic mass is 32.1. The van der Waals surface area contributed by atoms with Crippen LogP contribution < -0.4 is 0 Å². The Hall–Kier alpha value is -2.20. The first kappa shape index (κ1) is 22.1. The molecule has 0 saturated carbocycles. The number of hydrogen-bond donors (Lipinski definition) is 1. The molecule has 1 aliphatic carbocycles. The van der Waals surface area contributed by atoms with E-state index in [1.54, 1.807) is 6.07 Å². The number of hydrogen-bond acceptors (Lipinski definition) is 4. The summed E-state index contributed by atoms with van der Waals surface area (Å²) in [5.74, 6) is -0.521. The molecule has 2 atom stereocenters. The van der Waals surface area contributed by atoms with Crippen molar-refractivity contribution in [3.05, 3.63) is 82.5 Å². The van der Waals surface area contributed by atoms with Crippen LogP contribution in [-0.4, -0.2) is 17.7 Å². The first-order chi connectivity index (χ1) is 13.3. The third-order valence-corrected chi connectivity index (χ3v) is 7.01. The Kier molecular flexibility index (Phi) is 8.18. The van der Waals surface area contributed by atoms with Crippen molar-refractivity contribution < 1.29 is 19.0 Å². The van der Waals surface area contributed by atoms with Crippen molar-refractivity contribution in [1.29, 1.82) is 0 Å². The molecule has 0 bridgehead atoms. The lowest BCUT2D eigenvalue weighted by Gasteiger charge is -2.19. The van der Waals surface area contributed by atoms with Crippen molar-refractivity contribution in [2.75, 3.05) is 6.61 Å². The zero-order chi connectivity index (χ0) is 20.7. The minimum atomic E-state index is -2.06. The van der Waals surface area contributed by atoms with E-state index >= 15 is 0 Å². The molecule has 0 spiro atoms. The Morgan fingerprint density at radius 2 is 1.93 bits per heavy atom. The van der Waals surface area contributed by atoms with Gasteiger partial charge in [-0.05, 0) is 48.6 Å². The molecule has 2 unspecified atom stereocenters. The number of rotatable bonds is 5. The largest absolute Gasteiger partial charge is 0.477 e. The van der Waals surface area contributed by atoms with E-state index in [4.69, 9.17) is 9.63 Å². The van der Waals surface area contributed by atoms with Crippen molar-refractivity contribution >= 4 is 25.3 Å². The first-order valence-corrected chi connectivity index (χ1v) is 11.1. The molecule has 0 radical (unpaired) electrons. The molecule has 2 aromatic rings. The Bertz CT molecular complexity index is 925. The van der Waals surface area contributed by atoms with Crippen LogP contribution in [0.1, 0.15) is 30.4 Å². The molecule has 0 aliphatic heterocycles. The van der Waals surface area contributed by atoms with Crippen molar-refractivity contribution in [1.82, 2.24) is 0 Å². The zero-order valence-electron chi connectivity index (χ0n) is 16.3. The van der Waals surface area contributed by atoms with Crippen molar-refractivity contribution in [3.8, 4) is 10.4 Å². The molecule has 1 N–H and O–H groups in total. The average molecular weight is 416 g/mol. The molecule has 3 rings (SSSR count). The topological polar surface area (TPSA) is 63.6 Å². The fourth-order valence-electron chi connectivity index (χ4n) is 2.64. The van der Waals surface area contributed by atoms with Gasteiger partial charge < -0.3 is 9.63 Å². The maximum absolute atomic E-state index is 11.7. The van der Waals surface area contributed by atoms with Crippen LogP contribution in [0, 0.1) is 5.92 Å². The molecule has 0 amide bonds. The highest BCUT2D eigenvalue weighted by molar-refractivity contribution is 7.44. The number of carbonyl (C=O) groups is 1. The molecule has 148 valence electrons. The normalized spacial score (nSPS) is 17.1. The molecule has 1 aromatic heterocycles. The SMILES string of the molecule is C=C1C(C)=C([PH](=O)OCC)C=CC1C.O=C(O)c1ccc(-c2ccccc2)s1. The van der Waals surface area contributed by atoms with Crippen LogP contribution in [0.3, 0.4) is 0 Å². The van der Waals surface area contributed by atoms with Gasteiger partial charge in [-0.3, -0.25) is 4.57 Å². The van der Waals surface area contributed by atoms with E-state index in [-0.39, 0.29) is 0 Å². The number of benzene rings is 1. The lowest BCUT2D eigenvalue weighted by Crippen LogP contribution is -2.02. The fourth-order valence-corrected chi connectivity index (χ4v) is 4.60. The lowest BCUT2D eigenvalue weighted by atomic mass is 9.92. The van der Waals surface area contributed by atoms with E-state index in [1.807, 2.05) is 62.4 Å². The fraction of sp³-hybridized carbons (Fsp3) is 0.227. The van der Waals surface area contributed by atoms with E-state index < -0.39 is 14.0 Å². The van der Waals surface area contributed by atoms with Gasteiger partial charge in [-0.2, -0.15) is 0 Å². The van der Waals surface area contributed by atoms with Crippen molar-refractivity contribution in [2.45, 2.75) is 20.8 Å². The van der Waals surface area contributed by atoms with Crippen LogP contribution in [0.15, 0.2) is 77.7 Å². The number of allylic oxidation sites excluding steroid dienone is 5. The standard InChI is InChI=1S/C11H17O2P.C11H8O2S/c1-5-13-14(12)11-7-6-8(2)9(3)10(11)4;12-11(13)10-7-6-9(14-10)8-4-2-1-3-5-8/h6-8,14H,3,5H2,1-2,4H3;1-7H,(H,12,13). The summed E-state index contributed by atoms with van der Waals surface area (Å²) in [6.45, 7) is 10.4. The van der Waals surface area contributed by atoms with Gasteiger partial charge in [-0.25, -0.2) is 4.79 Å². The van der Waals surface area contributed by atoms with E-state index in [9.17, 15) is 9.36 Å². The molecule has 0 fully saturated rings. The van der Waals surface area contributed by atoms with Gasteiger partial charge in [0.05, 0.1) is 6.61 Å². The summed E-state index contributed by atoms with van der Waals surface area (Å²) >= 11 is 1.29. The molecular weight excluding hydrogens is 391 g/mol. The monoisotopic (exact) mass is 416 g/mol. The summed E-state index contributed by atoms with van der Waals surface area (Å²) < 4.78 is 16.8. The van der Waals surface area contributed by atoms with Gasteiger partial charge >= 0.3 is 5.97 Å². The number of aromatic carboxylic acids is 1. The van der Waals surface area contributed by atoms with Crippen LogP contribution in [0.25, 0.3) is 10.4 Å². The smallest absolute Gasteiger partial charge is 0.345 e. The third kappa shape index (κ3) is 5.65. The predicted molar refractivity (Wildman–Crippen MR) is 117 cm³/mol. The van der Waals surface area contributed by atoms with Crippen molar-refractivity contribution in [2.24, 2.45) is 5.92 Å². The number of carboxylic acid groups (broad SMARTS) is 1. The van der Waals surface area contributed by atoms with Gasteiger partial charge in [0.1, 0.15) is 4.88 Å². The average Bonchev–Trinajstić information content (AvgIpc) is 3.18. The summed E-state index contributed by atoms with van der Waals surface area (Å²) in [6, 6.07) is 13.2. The quantitative estimate of drug-likeness (QED) is 0.555. The van der Waals surface area contributed by atoms with Crippen LogP contribution in [-0.2, 0) is 9.09 Å². The van der Waals surface area contributed by atoms with Crippen molar-refractivity contribution in [3.63, 3.8) is 0 Å². The van der Waals surface area contributed by atoms with E-state index in [2.05, 4.69) is 13.5 Å². The van der Waals surface area contributed by atoms with E-state index in [0.29, 0.717) is 17.4 Å². The first-order valence-electron chi connectivity index (χ1n) is 8.99. The Labute approximate surface area is 170 Å². The zero-order valence-corrected chi connectivity index (χ0v) is 18.1. The minimum Gasteiger partial charge on any atom is -0.477 e. The lowest BCUT2D eigenvalue weighted by molar-refractivity contribution is 0.0702. The van der Waals surface area contributed by atoms with Crippen LogP contribution in [0.5, 0.6) is 0 Å². The summed E-state index contributed by atoms with van der Waals surface area (Å²) in [5.41, 5.74) is 3.13. The Morgan fingerprint density at radius 1 is 1.25 bits per heavy atom. The maximum Gasteiger partial charge on any atom is 0.345 e. The van der Waals surface area contributed by atoms with Gasteiger partial charge in [-0.15, -0.1) is 11.3 Å². The summed E-state index contributed by atoms with van der Waals surface area (Å²) in [7, 11) is -2.06. The van der Waals surface area contributed by atoms with Crippen LogP contribution >= 0.6 is 19.4 Å². The molecular formula is C22H25O4PS. The van der Waals surface area contributed by atoms with Gasteiger partial charge in [-0.1, -0.05) is 56.0 Å². The second kappa shape index (κ2) is 10.4. The Morgan fingerprint density at radius 3 is 2.50 bits per heavy atom. The van der Waals surface area contributed by atoms with E-state index in [1.165, 1.54) is 11.3 Å². The number of thiophene rings is 1. The molecule has 1 heterocycles. The molecule has 6 heteroatoms. The minimum absolute atomic E-state index is 0.343. The molecule has 4 nitrogen and oxygen atoms in total. The number of carboxylic acids is 1. The van der Waals surface area contributed by atoms with Crippen LogP contribution in [0.2, 0.25) is 0 Å². The molecule has 1 aliphatic rings. The predicted octanol–water partition coefficient (Wildman–Crippen LogP) is 6.65. The summed E-state index contributed by atoms with van der Waals surface area (Å²) in [6.07, 6.45) is 3.93. The third-order valence-electron chi connectivity index (χ3n) is 4.36. The summed E-state index contributed by atoms with van der Waals surface area (Å²) in [5, 5.41) is 9.57. The van der Waals surface area contributed by atoms with Gasteiger partial charge in [0.25, 0.3) is 0 Å². The van der Waals surface area contributed by atoms with E-state index in [0.717, 1.165) is 26.9 Å². The van der Waals surface area contributed by atoms with Crippen LogP contribution in [0.4, 0.5) is 0 Å². The van der Waals surface area contributed by atoms with Gasteiger partial charge in [0.15, 0.2) is 0 Å².